The van der Waals surface area contributed by atoms with Crippen LogP contribution in [0.15, 0.2) is 41.0 Å². The van der Waals surface area contributed by atoms with Gasteiger partial charge in [0.25, 0.3) is 5.91 Å². The monoisotopic (exact) mass is 370 g/mol. The molecule has 0 saturated carbocycles. The van der Waals surface area contributed by atoms with Crippen LogP contribution in [0.25, 0.3) is 0 Å². The molecule has 5 nitrogen and oxygen atoms in total. The molecule has 146 valence electrons. The number of carbonyl (C=O) groups is 1. The number of nitrogens with one attached hydrogen (secondary N) is 1. The van der Waals surface area contributed by atoms with E-state index in [2.05, 4.69) is 36.2 Å². The van der Waals surface area contributed by atoms with Gasteiger partial charge in [-0.2, -0.15) is 0 Å². The highest BCUT2D eigenvalue weighted by Crippen LogP contribution is 2.27. The molecule has 0 bridgehead atoms. The summed E-state index contributed by atoms with van der Waals surface area (Å²) in [6.45, 7) is 8.91. The van der Waals surface area contributed by atoms with E-state index in [0.29, 0.717) is 12.5 Å². The zero-order valence-electron chi connectivity index (χ0n) is 16.5. The molecule has 2 aromatic rings. The van der Waals surface area contributed by atoms with Crippen molar-refractivity contribution in [2.45, 2.75) is 45.6 Å². The van der Waals surface area contributed by atoms with E-state index in [-0.39, 0.29) is 18.6 Å². The molecule has 1 atom stereocenters. The van der Waals surface area contributed by atoms with Crippen molar-refractivity contribution < 1.29 is 13.9 Å². The molecule has 27 heavy (non-hydrogen) atoms. The first-order chi connectivity index (χ1) is 13.0. The minimum atomic E-state index is -0.109. The van der Waals surface area contributed by atoms with E-state index in [0.717, 1.165) is 35.7 Å². The lowest BCUT2D eigenvalue weighted by molar-refractivity contribution is -0.123. The van der Waals surface area contributed by atoms with Gasteiger partial charge in [0.2, 0.25) is 0 Å². The molecule has 0 spiro atoms. The third kappa shape index (κ3) is 5.13. The number of rotatable bonds is 8. The highest BCUT2D eigenvalue weighted by Gasteiger charge is 2.26. The van der Waals surface area contributed by atoms with Gasteiger partial charge in [-0.15, -0.1) is 0 Å². The molecule has 1 aliphatic heterocycles. The zero-order chi connectivity index (χ0) is 19.2. The summed E-state index contributed by atoms with van der Waals surface area (Å²) in [5.74, 6) is 1.94. The van der Waals surface area contributed by atoms with Gasteiger partial charge in [-0.05, 0) is 68.1 Å². The van der Waals surface area contributed by atoms with Crippen molar-refractivity contribution in [3.05, 3.63) is 53.5 Å². The van der Waals surface area contributed by atoms with Crippen molar-refractivity contribution >= 4 is 5.91 Å². The topological polar surface area (TPSA) is 54.7 Å². The quantitative estimate of drug-likeness (QED) is 0.762. The first-order valence-corrected chi connectivity index (χ1v) is 9.82. The van der Waals surface area contributed by atoms with Crippen molar-refractivity contribution in [2.75, 3.05) is 26.2 Å². The summed E-state index contributed by atoms with van der Waals surface area (Å²) >= 11 is 0. The van der Waals surface area contributed by atoms with E-state index in [9.17, 15) is 4.79 Å². The van der Waals surface area contributed by atoms with E-state index in [1.807, 2.05) is 25.1 Å². The molecule has 2 heterocycles. The van der Waals surface area contributed by atoms with Crippen LogP contribution in [0.4, 0.5) is 0 Å². The lowest BCUT2D eigenvalue weighted by atomic mass is 10.0. The summed E-state index contributed by atoms with van der Waals surface area (Å²) in [6.07, 6.45) is 4.08. The number of furan rings is 1. The normalized spacial score (nSPS) is 15.9. The average Bonchev–Trinajstić information content (AvgIpc) is 3.34. The van der Waals surface area contributed by atoms with Crippen LogP contribution < -0.4 is 10.1 Å². The fourth-order valence-electron chi connectivity index (χ4n) is 3.59. The number of nitrogens with zero attached hydrogens (tertiary/aromatic N) is 1. The lowest BCUT2D eigenvalue weighted by Crippen LogP contribution is -2.38. The highest BCUT2D eigenvalue weighted by atomic mass is 16.5. The Balaban J connectivity index is 1.57. The lowest BCUT2D eigenvalue weighted by Gasteiger charge is -2.26. The highest BCUT2D eigenvalue weighted by molar-refractivity contribution is 5.77. The molecule has 1 saturated heterocycles. The second-order valence-corrected chi connectivity index (χ2v) is 7.56. The third-order valence-electron chi connectivity index (χ3n) is 5.10. The van der Waals surface area contributed by atoms with Crippen LogP contribution in [-0.4, -0.2) is 37.0 Å². The van der Waals surface area contributed by atoms with Crippen LogP contribution in [-0.2, 0) is 4.79 Å². The van der Waals surface area contributed by atoms with Crippen molar-refractivity contribution in [3.8, 4) is 5.75 Å². The van der Waals surface area contributed by atoms with E-state index < -0.39 is 0 Å². The minimum absolute atomic E-state index is 0.0219. The van der Waals surface area contributed by atoms with Gasteiger partial charge in [-0.25, -0.2) is 0 Å². The summed E-state index contributed by atoms with van der Waals surface area (Å²) in [4.78, 5) is 14.8. The van der Waals surface area contributed by atoms with Crippen molar-refractivity contribution in [2.24, 2.45) is 0 Å². The molecule has 0 radical (unpaired) electrons. The number of benzene rings is 1. The Kier molecular flexibility index (Phi) is 6.56. The smallest absolute Gasteiger partial charge is 0.258 e. The molecule has 3 rings (SSSR count). The first-order valence-electron chi connectivity index (χ1n) is 9.82. The van der Waals surface area contributed by atoms with Crippen LogP contribution in [0.3, 0.4) is 0 Å². The largest absolute Gasteiger partial charge is 0.483 e. The summed E-state index contributed by atoms with van der Waals surface area (Å²) in [5, 5.41) is 3.02. The average molecular weight is 370 g/mol. The van der Waals surface area contributed by atoms with Crippen molar-refractivity contribution in [1.29, 1.82) is 0 Å². The van der Waals surface area contributed by atoms with Crippen molar-refractivity contribution in [3.63, 3.8) is 0 Å². The predicted molar refractivity (Wildman–Crippen MR) is 106 cm³/mol. The molecule has 1 unspecified atom stereocenters. The number of likely N-dealkylation sites (tertiary alicyclic amines) is 1. The fourth-order valence-corrected chi connectivity index (χ4v) is 3.59. The number of carbonyl (C=O) groups excluding carboxylic acids is 1. The molecule has 1 fully saturated rings. The van der Waals surface area contributed by atoms with Gasteiger partial charge in [0.15, 0.2) is 6.61 Å². The van der Waals surface area contributed by atoms with Gasteiger partial charge in [0, 0.05) is 6.54 Å². The third-order valence-corrected chi connectivity index (χ3v) is 5.10. The summed E-state index contributed by atoms with van der Waals surface area (Å²) in [6, 6.07) is 10.1. The van der Waals surface area contributed by atoms with E-state index in [1.165, 1.54) is 12.8 Å². The van der Waals surface area contributed by atoms with Crippen LogP contribution in [0, 0.1) is 6.92 Å². The van der Waals surface area contributed by atoms with Gasteiger partial charge in [-0.1, -0.05) is 26.0 Å². The maximum atomic E-state index is 12.4. The minimum Gasteiger partial charge on any atom is -0.483 e. The van der Waals surface area contributed by atoms with Crippen molar-refractivity contribution in [1.82, 2.24) is 10.2 Å². The van der Waals surface area contributed by atoms with E-state index in [4.69, 9.17) is 9.15 Å². The molecule has 1 aromatic heterocycles. The summed E-state index contributed by atoms with van der Waals surface area (Å²) < 4.78 is 11.4. The van der Waals surface area contributed by atoms with Crippen LogP contribution in [0.2, 0.25) is 0 Å². The Labute approximate surface area is 161 Å². The fraction of sp³-hybridized carbons (Fsp3) is 0.500. The van der Waals surface area contributed by atoms with Gasteiger partial charge in [0.05, 0.1) is 12.3 Å². The van der Waals surface area contributed by atoms with Gasteiger partial charge >= 0.3 is 0 Å². The molecule has 5 heteroatoms. The first kappa shape index (κ1) is 19.5. The van der Waals surface area contributed by atoms with Gasteiger partial charge < -0.3 is 14.5 Å². The van der Waals surface area contributed by atoms with Crippen LogP contribution >= 0.6 is 0 Å². The standard InChI is InChI=1S/C22H30N2O3/c1-16(2)18-9-8-17(3)13-21(18)27-15-22(25)23-14-19(20-7-6-12-26-20)24-10-4-5-11-24/h6-9,12-13,16,19H,4-5,10-11,14-15H2,1-3H3,(H,23,25). The second-order valence-electron chi connectivity index (χ2n) is 7.56. The van der Waals surface area contributed by atoms with Gasteiger partial charge in [0.1, 0.15) is 11.5 Å². The summed E-state index contributed by atoms with van der Waals surface area (Å²) in [5.41, 5.74) is 2.25. The Bertz CT molecular complexity index is 734. The van der Waals surface area contributed by atoms with Crippen LogP contribution in [0.1, 0.15) is 55.5 Å². The predicted octanol–water partition coefficient (Wildman–Crippen LogP) is 4.04. The Hall–Kier alpha value is -2.27. The molecule has 0 aliphatic carbocycles. The van der Waals surface area contributed by atoms with Gasteiger partial charge in [-0.3, -0.25) is 9.69 Å². The number of amides is 1. The molecular weight excluding hydrogens is 340 g/mol. The SMILES string of the molecule is Cc1ccc(C(C)C)c(OCC(=O)NCC(c2ccco2)N2CCCC2)c1. The maximum Gasteiger partial charge on any atom is 0.258 e. The molecule has 1 amide bonds. The van der Waals surface area contributed by atoms with E-state index in [1.54, 1.807) is 6.26 Å². The van der Waals surface area contributed by atoms with Crippen LogP contribution in [0.5, 0.6) is 5.75 Å². The maximum absolute atomic E-state index is 12.4. The molecule has 1 N–H and O–H groups in total. The number of aryl methyl sites for hydroxylation is 1. The van der Waals surface area contributed by atoms with E-state index >= 15 is 0 Å². The number of hydrogen-bond acceptors (Lipinski definition) is 4. The number of hydrogen-bond donors (Lipinski definition) is 1. The molecule has 1 aromatic carbocycles. The zero-order valence-corrected chi connectivity index (χ0v) is 16.5. The Morgan fingerprint density at radius 1 is 1.26 bits per heavy atom. The second kappa shape index (κ2) is 9.09. The Morgan fingerprint density at radius 2 is 2.04 bits per heavy atom. The molecule has 1 aliphatic rings. The molecular formula is C22H30N2O3. The Morgan fingerprint density at radius 3 is 2.70 bits per heavy atom. The number of ether oxygens (including phenoxy) is 1. The summed E-state index contributed by atoms with van der Waals surface area (Å²) in [7, 11) is 0.